The Hall–Kier alpha value is -4.00. The Bertz CT molecular complexity index is 1240. The van der Waals surface area contributed by atoms with Gasteiger partial charge in [0.1, 0.15) is 12.4 Å². The number of nitrogens with one attached hydrogen (secondary N) is 2. The molecule has 10 nitrogen and oxygen atoms in total. The number of halogens is 3. The van der Waals surface area contributed by atoms with E-state index in [1.54, 1.807) is 0 Å². The summed E-state index contributed by atoms with van der Waals surface area (Å²) in [5.74, 6) is -0.808. The Morgan fingerprint density at radius 3 is 2.79 bits per heavy atom. The first-order valence-electron chi connectivity index (χ1n) is 9.62. The number of hydrogen-bond donors (Lipinski definition) is 3. The number of carbonyl (C=O) groups is 2. The molecule has 1 aliphatic rings. The van der Waals surface area contributed by atoms with E-state index in [1.807, 2.05) is 0 Å². The minimum atomic E-state index is -4.56. The van der Waals surface area contributed by atoms with Crippen LogP contribution < -0.4 is 15.5 Å². The van der Waals surface area contributed by atoms with Gasteiger partial charge in [-0.1, -0.05) is 6.07 Å². The zero-order valence-corrected chi connectivity index (χ0v) is 17.4. The first kappa shape index (κ1) is 22.2. The zero-order valence-electron chi connectivity index (χ0n) is 17.4. The highest BCUT2D eigenvalue weighted by Crippen LogP contribution is 2.33. The molecule has 3 aromatic heterocycles. The van der Waals surface area contributed by atoms with Crippen molar-refractivity contribution in [1.29, 1.82) is 0 Å². The molecule has 172 valence electrons. The molecule has 0 aliphatic carbocycles. The molecular formula is C20H18F3N7O3. The summed E-state index contributed by atoms with van der Waals surface area (Å²) in [4.78, 5) is 38.1. The van der Waals surface area contributed by atoms with Gasteiger partial charge in [0.2, 0.25) is 12.3 Å². The van der Waals surface area contributed by atoms with Crippen LogP contribution in [0.15, 0.2) is 36.8 Å². The first-order chi connectivity index (χ1) is 15.5. The van der Waals surface area contributed by atoms with Gasteiger partial charge in [0.05, 0.1) is 17.6 Å². The van der Waals surface area contributed by atoms with Crippen LogP contribution in [-0.4, -0.2) is 49.8 Å². The van der Waals surface area contributed by atoms with Gasteiger partial charge in [-0.2, -0.15) is 13.2 Å². The molecular weight excluding hydrogens is 443 g/mol. The van der Waals surface area contributed by atoms with Crippen LogP contribution in [0.1, 0.15) is 21.7 Å². The topological polar surface area (TPSA) is 125 Å². The smallest absolute Gasteiger partial charge is 0.356 e. The lowest BCUT2D eigenvalue weighted by Gasteiger charge is -2.29. The number of aliphatic hydroxyl groups is 1. The van der Waals surface area contributed by atoms with Crippen LogP contribution in [0.3, 0.4) is 0 Å². The number of aliphatic hydroxyl groups excluding tert-OH is 1. The third-order valence-electron chi connectivity index (χ3n) is 5.01. The number of imidazole rings is 1. The van der Waals surface area contributed by atoms with Gasteiger partial charge in [-0.3, -0.25) is 14.6 Å². The fourth-order valence-corrected chi connectivity index (χ4v) is 3.34. The SMILES string of the molecule is Cc1ncc(-c2cccc(NC(=O)Cn3cnc4c3C(=O)NC(O)N4C)n2)cc1C(F)(F)F. The van der Waals surface area contributed by atoms with Gasteiger partial charge in [0.15, 0.2) is 11.5 Å². The van der Waals surface area contributed by atoms with Crippen molar-refractivity contribution >= 4 is 23.5 Å². The second-order valence-corrected chi connectivity index (χ2v) is 7.31. The summed E-state index contributed by atoms with van der Waals surface area (Å²) in [5, 5.41) is 14.7. The summed E-state index contributed by atoms with van der Waals surface area (Å²) in [6, 6.07) is 5.47. The average Bonchev–Trinajstić information content (AvgIpc) is 3.16. The van der Waals surface area contributed by atoms with Gasteiger partial charge in [-0.05, 0) is 25.1 Å². The highest BCUT2D eigenvalue weighted by atomic mass is 19.4. The number of nitrogens with zero attached hydrogens (tertiary/aromatic N) is 5. The molecule has 0 spiro atoms. The Labute approximate surface area is 185 Å². The summed E-state index contributed by atoms with van der Waals surface area (Å²) in [6.45, 7) is 0.986. The van der Waals surface area contributed by atoms with Crippen LogP contribution in [-0.2, 0) is 17.5 Å². The third kappa shape index (κ3) is 4.35. The number of anilines is 2. The van der Waals surface area contributed by atoms with E-state index in [4.69, 9.17) is 0 Å². The Balaban J connectivity index is 1.53. The molecule has 0 saturated carbocycles. The van der Waals surface area contributed by atoms with Crippen LogP contribution in [0.5, 0.6) is 0 Å². The number of carbonyl (C=O) groups excluding carboxylic acids is 2. The second kappa shape index (κ2) is 8.16. The molecule has 13 heteroatoms. The molecule has 2 amide bonds. The molecule has 0 radical (unpaired) electrons. The molecule has 1 unspecified atom stereocenters. The zero-order chi connectivity index (χ0) is 23.9. The maximum Gasteiger partial charge on any atom is 0.418 e. The lowest BCUT2D eigenvalue weighted by Crippen LogP contribution is -2.51. The predicted octanol–water partition coefficient (Wildman–Crippen LogP) is 1.76. The van der Waals surface area contributed by atoms with Crippen molar-refractivity contribution in [2.24, 2.45) is 0 Å². The lowest BCUT2D eigenvalue weighted by molar-refractivity contribution is -0.138. The first-order valence-corrected chi connectivity index (χ1v) is 9.62. The van der Waals surface area contributed by atoms with Crippen LogP contribution in [0, 0.1) is 6.92 Å². The van der Waals surface area contributed by atoms with Crippen LogP contribution in [0.4, 0.5) is 24.8 Å². The maximum atomic E-state index is 13.2. The van der Waals surface area contributed by atoms with E-state index in [-0.39, 0.29) is 40.8 Å². The van der Waals surface area contributed by atoms with E-state index in [9.17, 15) is 27.9 Å². The fraction of sp³-hybridized carbons (Fsp3) is 0.250. The minimum absolute atomic E-state index is 0.102. The van der Waals surface area contributed by atoms with Gasteiger partial charge in [0, 0.05) is 24.5 Å². The quantitative estimate of drug-likeness (QED) is 0.541. The van der Waals surface area contributed by atoms with Crippen LogP contribution in [0.2, 0.25) is 0 Å². The van der Waals surface area contributed by atoms with E-state index in [0.717, 1.165) is 6.07 Å². The summed E-state index contributed by atoms with van der Waals surface area (Å²) in [5.41, 5.74) is -0.576. The fourth-order valence-electron chi connectivity index (χ4n) is 3.34. The van der Waals surface area contributed by atoms with Crippen molar-refractivity contribution in [3.63, 3.8) is 0 Å². The van der Waals surface area contributed by atoms with E-state index in [0.29, 0.717) is 0 Å². The van der Waals surface area contributed by atoms with Crippen molar-refractivity contribution in [2.45, 2.75) is 26.0 Å². The number of amides is 2. The summed E-state index contributed by atoms with van der Waals surface area (Å²) in [7, 11) is 1.53. The molecule has 0 bridgehead atoms. The number of alkyl halides is 3. The monoisotopic (exact) mass is 461 g/mol. The highest BCUT2D eigenvalue weighted by Gasteiger charge is 2.34. The van der Waals surface area contributed by atoms with Crippen molar-refractivity contribution < 1.29 is 27.9 Å². The predicted molar refractivity (Wildman–Crippen MR) is 110 cm³/mol. The van der Waals surface area contributed by atoms with E-state index >= 15 is 0 Å². The molecule has 4 heterocycles. The summed E-state index contributed by atoms with van der Waals surface area (Å²) in [6.07, 6.45) is -3.22. The number of aryl methyl sites for hydroxylation is 1. The number of aromatic nitrogens is 4. The van der Waals surface area contributed by atoms with Crippen molar-refractivity contribution in [3.05, 3.63) is 53.7 Å². The number of pyridine rings is 2. The van der Waals surface area contributed by atoms with Gasteiger partial charge in [0.25, 0.3) is 5.91 Å². The normalized spacial score (nSPS) is 15.8. The lowest BCUT2D eigenvalue weighted by atomic mass is 10.1. The molecule has 33 heavy (non-hydrogen) atoms. The van der Waals surface area contributed by atoms with Crippen LogP contribution in [0.25, 0.3) is 11.3 Å². The standard InChI is InChI=1S/C20H18F3N7O3/c1-10-12(20(21,22)23)6-11(7-24-10)13-4-3-5-14(26-13)27-15(31)8-30-9-25-17-16(30)18(32)28-19(33)29(17)2/h3-7,9,19,33H,8H2,1-2H3,(H,28,32)(H,26,27,31). The van der Waals surface area contributed by atoms with E-state index in [2.05, 4.69) is 25.6 Å². The largest absolute Gasteiger partial charge is 0.418 e. The highest BCUT2D eigenvalue weighted by molar-refractivity contribution is 6.00. The van der Waals surface area contributed by atoms with Gasteiger partial charge in [-0.15, -0.1) is 0 Å². The van der Waals surface area contributed by atoms with Crippen LogP contribution >= 0.6 is 0 Å². The maximum absolute atomic E-state index is 13.2. The molecule has 4 rings (SSSR count). The van der Waals surface area contributed by atoms with Crippen molar-refractivity contribution in [3.8, 4) is 11.3 Å². The van der Waals surface area contributed by atoms with Crippen molar-refractivity contribution in [1.82, 2.24) is 24.8 Å². The molecule has 0 saturated heterocycles. The summed E-state index contributed by atoms with van der Waals surface area (Å²) < 4.78 is 40.9. The minimum Gasteiger partial charge on any atom is -0.356 e. The Kier molecular flexibility index (Phi) is 5.49. The Morgan fingerprint density at radius 1 is 1.30 bits per heavy atom. The van der Waals surface area contributed by atoms with Gasteiger partial charge < -0.3 is 25.2 Å². The van der Waals surface area contributed by atoms with Gasteiger partial charge in [-0.25, -0.2) is 9.97 Å². The Morgan fingerprint density at radius 2 is 2.06 bits per heavy atom. The number of fused-ring (bicyclic) bond motifs is 1. The van der Waals surface area contributed by atoms with Gasteiger partial charge >= 0.3 is 6.18 Å². The molecule has 1 aliphatic heterocycles. The number of rotatable bonds is 4. The van der Waals surface area contributed by atoms with E-state index in [1.165, 1.54) is 54.2 Å². The molecule has 0 aromatic carbocycles. The number of hydrogen-bond acceptors (Lipinski definition) is 7. The molecule has 1 atom stereocenters. The summed E-state index contributed by atoms with van der Waals surface area (Å²) >= 11 is 0. The molecule has 3 aromatic rings. The van der Waals surface area contributed by atoms with Crippen molar-refractivity contribution in [2.75, 3.05) is 17.3 Å². The van der Waals surface area contributed by atoms with E-state index < -0.39 is 29.9 Å². The average molecular weight is 461 g/mol. The molecule has 0 fully saturated rings. The second-order valence-electron chi connectivity index (χ2n) is 7.31. The molecule has 3 N–H and O–H groups in total. The third-order valence-corrected chi connectivity index (χ3v) is 5.01.